The fraction of sp³-hybridized carbons (Fsp3) is 0.273. The van der Waals surface area contributed by atoms with E-state index in [1.54, 1.807) is 0 Å². The zero-order chi connectivity index (χ0) is 10.1. The molecule has 74 valence electrons. The van der Waals surface area contributed by atoms with Crippen LogP contribution in [0, 0.1) is 0 Å². The van der Waals surface area contributed by atoms with Crippen molar-refractivity contribution in [1.29, 1.82) is 0 Å². The molecule has 1 N–H and O–H groups in total. The predicted octanol–water partition coefficient (Wildman–Crippen LogP) is 2.19. The summed E-state index contributed by atoms with van der Waals surface area (Å²) < 4.78 is 1.00. The van der Waals surface area contributed by atoms with Crippen molar-refractivity contribution in [3.8, 4) is 0 Å². The smallest absolute Gasteiger partial charge is 0.0841 e. The number of likely N-dealkylation sites (N-methyl/N-ethyl adjacent to an activating group) is 1. The van der Waals surface area contributed by atoms with E-state index in [-0.39, 0.29) is 6.61 Å². The van der Waals surface area contributed by atoms with Gasteiger partial charge in [0.05, 0.1) is 12.3 Å². The van der Waals surface area contributed by atoms with Gasteiger partial charge < -0.3 is 10.0 Å². The molecule has 1 heterocycles. The lowest BCUT2D eigenvalue weighted by Crippen LogP contribution is -2.24. The Labute approximate surface area is 92.0 Å². The standard InChI is InChI=1S/C11H12BrNO/c1-13-6-8-4-2-3-5-9(8)11(12)10(13)7-14/h2-5,14H,6-7H2,1H3. The summed E-state index contributed by atoms with van der Waals surface area (Å²) in [6.07, 6.45) is 0. The van der Waals surface area contributed by atoms with E-state index in [9.17, 15) is 5.11 Å². The minimum absolute atomic E-state index is 0.0748. The molecule has 0 fully saturated rings. The lowest BCUT2D eigenvalue weighted by Gasteiger charge is -2.29. The number of rotatable bonds is 1. The summed E-state index contributed by atoms with van der Waals surface area (Å²) >= 11 is 3.53. The van der Waals surface area contributed by atoms with E-state index in [4.69, 9.17) is 0 Å². The minimum atomic E-state index is 0.0748. The fourth-order valence-electron chi connectivity index (χ4n) is 1.74. The molecule has 1 aliphatic heterocycles. The second-order valence-electron chi connectivity index (χ2n) is 3.43. The molecule has 0 bridgehead atoms. The molecular weight excluding hydrogens is 242 g/mol. The predicted molar refractivity (Wildman–Crippen MR) is 60.8 cm³/mol. The zero-order valence-corrected chi connectivity index (χ0v) is 9.58. The van der Waals surface area contributed by atoms with Crippen LogP contribution < -0.4 is 0 Å². The topological polar surface area (TPSA) is 23.5 Å². The Bertz CT molecular complexity index is 387. The molecule has 2 nitrogen and oxygen atoms in total. The summed E-state index contributed by atoms with van der Waals surface area (Å²) in [7, 11) is 1.99. The van der Waals surface area contributed by atoms with Crippen LogP contribution in [0.3, 0.4) is 0 Å². The summed E-state index contributed by atoms with van der Waals surface area (Å²) in [5.74, 6) is 0. The van der Waals surface area contributed by atoms with Crippen molar-refractivity contribution in [1.82, 2.24) is 4.90 Å². The van der Waals surface area contributed by atoms with Crippen LogP contribution in [0.4, 0.5) is 0 Å². The lowest BCUT2D eigenvalue weighted by atomic mass is 10.0. The number of aliphatic hydroxyl groups is 1. The third-order valence-corrected chi connectivity index (χ3v) is 3.41. The zero-order valence-electron chi connectivity index (χ0n) is 8.00. The van der Waals surface area contributed by atoms with Crippen LogP contribution in [0.5, 0.6) is 0 Å². The molecule has 0 atom stereocenters. The van der Waals surface area contributed by atoms with Gasteiger partial charge in [-0.1, -0.05) is 24.3 Å². The number of fused-ring (bicyclic) bond motifs is 1. The Kier molecular flexibility index (Phi) is 2.61. The highest BCUT2D eigenvalue weighted by atomic mass is 79.9. The molecular formula is C11H12BrNO. The number of hydrogen-bond donors (Lipinski definition) is 1. The van der Waals surface area contributed by atoms with Crippen LogP contribution in [-0.2, 0) is 6.54 Å². The van der Waals surface area contributed by atoms with Gasteiger partial charge in [-0.15, -0.1) is 0 Å². The van der Waals surface area contributed by atoms with Gasteiger partial charge in [0.25, 0.3) is 0 Å². The summed E-state index contributed by atoms with van der Waals surface area (Å²) in [5, 5.41) is 9.23. The van der Waals surface area contributed by atoms with Crippen LogP contribution in [0.25, 0.3) is 4.48 Å². The van der Waals surface area contributed by atoms with Crippen molar-refractivity contribution in [3.63, 3.8) is 0 Å². The number of benzene rings is 1. The normalized spacial score (nSPS) is 15.8. The Balaban J connectivity index is 2.56. The Hall–Kier alpha value is -0.800. The van der Waals surface area contributed by atoms with Crippen molar-refractivity contribution >= 4 is 20.4 Å². The first-order valence-corrected chi connectivity index (χ1v) is 5.32. The van der Waals surface area contributed by atoms with E-state index in [1.807, 2.05) is 19.2 Å². The van der Waals surface area contributed by atoms with Gasteiger partial charge in [0.1, 0.15) is 0 Å². The molecule has 14 heavy (non-hydrogen) atoms. The number of hydrogen-bond acceptors (Lipinski definition) is 2. The van der Waals surface area contributed by atoms with Crippen LogP contribution in [0.2, 0.25) is 0 Å². The maximum Gasteiger partial charge on any atom is 0.0841 e. The van der Waals surface area contributed by atoms with Crippen molar-refractivity contribution in [2.45, 2.75) is 6.54 Å². The first-order chi connectivity index (χ1) is 6.74. The highest BCUT2D eigenvalue weighted by molar-refractivity contribution is 9.15. The maximum atomic E-state index is 9.23. The largest absolute Gasteiger partial charge is 0.390 e. The molecule has 0 aliphatic carbocycles. The summed E-state index contributed by atoms with van der Waals surface area (Å²) in [4.78, 5) is 2.06. The minimum Gasteiger partial charge on any atom is -0.390 e. The van der Waals surface area contributed by atoms with Gasteiger partial charge in [0, 0.05) is 18.1 Å². The lowest BCUT2D eigenvalue weighted by molar-refractivity contribution is 0.271. The van der Waals surface area contributed by atoms with Crippen molar-refractivity contribution in [3.05, 3.63) is 41.1 Å². The molecule has 1 aromatic carbocycles. The van der Waals surface area contributed by atoms with E-state index in [2.05, 4.69) is 33.0 Å². The maximum absolute atomic E-state index is 9.23. The van der Waals surface area contributed by atoms with Crippen LogP contribution in [0.1, 0.15) is 11.1 Å². The van der Waals surface area contributed by atoms with Gasteiger partial charge in [0.15, 0.2) is 0 Å². The molecule has 0 radical (unpaired) electrons. The fourth-order valence-corrected chi connectivity index (χ4v) is 2.55. The highest BCUT2D eigenvalue weighted by Gasteiger charge is 2.19. The van der Waals surface area contributed by atoms with Crippen LogP contribution >= 0.6 is 15.9 Å². The number of halogens is 1. The first-order valence-electron chi connectivity index (χ1n) is 4.53. The van der Waals surface area contributed by atoms with E-state index in [1.165, 1.54) is 11.1 Å². The summed E-state index contributed by atoms with van der Waals surface area (Å²) in [6, 6.07) is 8.24. The van der Waals surface area contributed by atoms with Gasteiger partial charge in [0.2, 0.25) is 0 Å². The molecule has 1 aromatic rings. The Morgan fingerprint density at radius 1 is 1.43 bits per heavy atom. The third kappa shape index (κ3) is 1.47. The van der Waals surface area contributed by atoms with Gasteiger partial charge in [-0.2, -0.15) is 0 Å². The highest BCUT2D eigenvalue weighted by Crippen LogP contribution is 2.34. The van der Waals surface area contributed by atoms with Gasteiger partial charge in [-0.05, 0) is 27.1 Å². The molecule has 0 amide bonds. The van der Waals surface area contributed by atoms with Crippen molar-refractivity contribution < 1.29 is 5.11 Å². The Morgan fingerprint density at radius 3 is 2.86 bits per heavy atom. The first kappa shape index (κ1) is 9.74. The quantitative estimate of drug-likeness (QED) is 0.830. The Morgan fingerprint density at radius 2 is 2.14 bits per heavy atom. The van der Waals surface area contributed by atoms with Gasteiger partial charge >= 0.3 is 0 Å². The van der Waals surface area contributed by atoms with E-state index in [0.717, 1.165) is 16.7 Å². The van der Waals surface area contributed by atoms with Crippen LogP contribution in [-0.4, -0.2) is 23.7 Å². The van der Waals surface area contributed by atoms with Crippen molar-refractivity contribution in [2.24, 2.45) is 0 Å². The average molecular weight is 254 g/mol. The van der Waals surface area contributed by atoms with Crippen LogP contribution in [0.15, 0.2) is 30.0 Å². The third-order valence-electron chi connectivity index (χ3n) is 2.53. The SMILES string of the molecule is CN1Cc2ccccc2C(Br)=C1CO. The molecule has 1 aliphatic rings. The summed E-state index contributed by atoms with van der Waals surface area (Å²) in [6.45, 7) is 0.937. The molecule has 0 saturated heterocycles. The second-order valence-corrected chi connectivity index (χ2v) is 4.22. The molecule has 0 saturated carbocycles. The van der Waals surface area contributed by atoms with Gasteiger partial charge in [-0.3, -0.25) is 0 Å². The number of nitrogens with zero attached hydrogens (tertiary/aromatic N) is 1. The van der Waals surface area contributed by atoms with E-state index in [0.29, 0.717) is 0 Å². The monoisotopic (exact) mass is 253 g/mol. The van der Waals surface area contributed by atoms with Crippen molar-refractivity contribution in [2.75, 3.05) is 13.7 Å². The number of aliphatic hydroxyl groups excluding tert-OH is 1. The van der Waals surface area contributed by atoms with E-state index < -0.39 is 0 Å². The molecule has 0 spiro atoms. The molecule has 0 aromatic heterocycles. The second kappa shape index (κ2) is 3.75. The molecule has 3 heteroatoms. The molecule has 0 unspecified atom stereocenters. The summed E-state index contributed by atoms with van der Waals surface area (Å²) in [5.41, 5.74) is 3.43. The average Bonchev–Trinajstić information content (AvgIpc) is 2.18. The van der Waals surface area contributed by atoms with E-state index >= 15 is 0 Å². The van der Waals surface area contributed by atoms with Gasteiger partial charge in [-0.25, -0.2) is 0 Å². The molecule has 2 rings (SSSR count).